The van der Waals surface area contributed by atoms with E-state index in [2.05, 4.69) is 15.3 Å². The number of pyridine rings is 2. The third-order valence-electron chi connectivity index (χ3n) is 2.26. The lowest BCUT2D eigenvalue weighted by Crippen LogP contribution is -2.05. The van der Waals surface area contributed by atoms with E-state index in [9.17, 15) is 4.39 Å². The lowest BCUT2D eigenvalue weighted by Gasteiger charge is -2.05. The van der Waals surface area contributed by atoms with Crippen LogP contribution in [-0.2, 0) is 6.54 Å². The van der Waals surface area contributed by atoms with E-state index in [1.54, 1.807) is 24.7 Å². The van der Waals surface area contributed by atoms with Crippen LogP contribution in [0, 0.1) is 5.82 Å². The average molecular weight is 217 g/mol. The van der Waals surface area contributed by atoms with E-state index in [-0.39, 0.29) is 5.82 Å². The van der Waals surface area contributed by atoms with Crippen LogP contribution in [0.15, 0.2) is 36.9 Å². The van der Waals surface area contributed by atoms with Gasteiger partial charge in [0.25, 0.3) is 0 Å². The quantitative estimate of drug-likeness (QED) is 0.854. The van der Waals surface area contributed by atoms with Crippen LogP contribution in [-0.4, -0.2) is 17.0 Å². The van der Waals surface area contributed by atoms with Crippen molar-refractivity contribution in [3.63, 3.8) is 0 Å². The third-order valence-corrected chi connectivity index (χ3v) is 2.26. The second kappa shape index (κ2) is 4.81. The van der Waals surface area contributed by atoms with E-state index in [0.717, 1.165) is 11.1 Å². The van der Waals surface area contributed by atoms with Crippen molar-refractivity contribution >= 4 is 0 Å². The largest absolute Gasteiger partial charge is 0.316 e. The van der Waals surface area contributed by atoms with Crippen LogP contribution in [0.3, 0.4) is 0 Å². The molecule has 0 aliphatic rings. The standard InChI is InChI=1S/C12H12FN3/c1-14-5-9-4-10(7-16-6-9)11-2-3-15-8-12(11)13/h2-4,6-8,14H,5H2,1H3. The van der Waals surface area contributed by atoms with Crippen molar-refractivity contribution < 1.29 is 4.39 Å². The molecule has 2 heterocycles. The molecule has 0 saturated heterocycles. The zero-order valence-electron chi connectivity index (χ0n) is 8.94. The molecule has 0 aliphatic heterocycles. The van der Waals surface area contributed by atoms with Gasteiger partial charge in [-0.1, -0.05) is 0 Å². The molecule has 2 aromatic heterocycles. The van der Waals surface area contributed by atoms with Gasteiger partial charge in [0.1, 0.15) is 5.82 Å². The molecule has 0 aliphatic carbocycles. The molecule has 0 spiro atoms. The van der Waals surface area contributed by atoms with Gasteiger partial charge >= 0.3 is 0 Å². The van der Waals surface area contributed by atoms with E-state index in [1.165, 1.54) is 6.20 Å². The van der Waals surface area contributed by atoms with Crippen molar-refractivity contribution in [2.45, 2.75) is 6.54 Å². The van der Waals surface area contributed by atoms with E-state index >= 15 is 0 Å². The smallest absolute Gasteiger partial charge is 0.149 e. The first-order valence-corrected chi connectivity index (χ1v) is 4.99. The van der Waals surface area contributed by atoms with Crippen LogP contribution in [0.5, 0.6) is 0 Å². The van der Waals surface area contributed by atoms with Crippen molar-refractivity contribution in [1.82, 2.24) is 15.3 Å². The van der Waals surface area contributed by atoms with Crippen molar-refractivity contribution in [2.24, 2.45) is 0 Å². The second-order valence-corrected chi connectivity index (χ2v) is 3.47. The third kappa shape index (κ3) is 2.23. The van der Waals surface area contributed by atoms with Gasteiger partial charge in [-0.25, -0.2) is 4.39 Å². The molecule has 2 rings (SSSR count). The molecular weight excluding hydrogens is 205 g/mol. The summed E-state index contributed by atoms with van der Waals surface area (Å²) in [5.41, 5.74) is 2.32. The summed E-state index contributed by atoms with van der Waals surface area (Å²) in [7, 11) is 1.86. The monoisotopic (exact) mass is 217 g/mol. The molecule has 3 nitrogen and oxygen atoms in total. The molecule has 2 aromatic rings. The summed E-state index contributed by atoms with van der Waals surface area (Å²) in [6.45, 7) is 0.716. The number of nitrogens with one attached hydrogen (secondary N) is 1. The van der Waals surface area contributed by atoms with E-state index in [0.29, 0.717) is 12.1 Å². The zero-order chi connectivity index (χ0) is 11.4. The van der Waals surface area contributed by atoms with Crippen LogP contribution < -0.4 is 5.32 Å². The summed E-state index contributed by atoms with van der Waals surface area (Å²) in [5.74, 6) is -0.328. The fourth-order valence-corrected chi connectivity index (χ4v) is 1.54. The Kier molecular flexibility index (Phi) is 3.22. The molecule has 0 saturated carbocycles. The predicted molar refractivity (Wildman–Crippen MR) is 60.2 cm³/mol. The highest BCUT2D eigenvalue weighted by atomic mass is 19.1. The molecule has 0 fully saturated rings. The molecule has 16 heavy (non-hydrogen) atoms. The minimum Gasteiger partial charge on any atom is -0.316 e. The van der Waals surface area contributed by atoms with Crippen LogP contribution in [0.25, 0.3) is 11.1 Å². The Morgan fingerprint density at radius 1 is 1.25 bits per heavy atom. The lowest BCUT2D eigenvalue weighted by atomic mass is 10.1. The van der Waals surface area contributed by atoms with Crippen LogP contribution in [0.1, 0.15) is 5.56 Å². The van der Waals surface area contributed by atoms with Gasteiger partial charge in [0, 0.05) is 36.3 Å². The summed E-state index contributed by atoms with van der Waals surface area (Å²) in [6, 6.07) is 3.57. The molecule has 0 radical (unpaired) electrons. The molecule has 0 unspecified atom stereocenters. The van der Waals surface area contributed by atoms with Crippen LogP contribution in [0.4, 0.5) is 4.39 Å². The summed E-state index contributed by atoms with van der Waals surface area (Å²) in [6.07, 6.45) is 6.19. The van der Waals surface area contributed by atoms with E-state index in [4.69, 9.17) is 0 Å². The number of rotatable bonds is 3. The van der Waals surface area contributed by atoms with Gasteiger partial charge in [0.05, 0.1) is 6.20 Å². The Hall–Kier alpha value is -1.81. The first-order chi connectivity index (χ1) is 7.81. The molecule has 0 atom stereocenters. The Morgan fingerprint density at radius 2 is 2.12 bits per heavy atom. The lowest BCUT2D eigenvalue weighted by molar-refractivity contribution is 0.625. The topological polar surface area (TPSA) is 37.8 Å². The number of halogens is 1. The van der Waals surface area contributed by atoms with Gasteiger partial charge in [0.15, 0.2) is 0 Å². The number of hydrogen-bond acceptors (Lipinski definition) is 3. The molecule has 1 N–H and O–H groups in total. The molecular formula is C12H12FN3. The normalized spacial score (nSPS) is 10.4. The average Bonchev–Trinajstić information content (AvgIpc) is 2.30. The second-order valence-electron chi connectivity index (χ2n) is 3.47. The summed E-state index contributed by atoms with van der Waals surface area (Å²) < 4.78 is 13.5. The fourth-order valence-electron chi connectivity index (χ4n) is 1.54. The van der Waals surface area contributed by atoms with Gasteiger partial charge in [-0.15, -0.1) is 0 Å². The highest BCUT2D eigenvalue weighted by Crippen LogP contribution is 2.21. The minimum absolute atomic E-state index is 0.328. The van der Waals surface area contributed by atoms with Crippen LogP contribution in [0.2, 0.25) is 0 Å². The maximum atomic E-state index is 13.5. The first kappa shape index (κ1) is 10.7. The van der Waals surface area contributed by atoms with Crippen LogP contribution >= 0.6 is 0 Å². The summed E-state index contributed by atoms with van der Waals surface area (Å²) in [4.78, 5) is 7.82. The number of hydrogen-bond donors (Lipinski definition) is 1. The predicted octanol–water partition coefficient (Wildman–Crippen LogP) is 2.00. The number of aromatic nitrogens is 2. The molecule has 4 heteroatoms. The van der Waals surface area contributed by atoms with Gasteiger partial charge in [0.2, 0.25) is 0 Å². The van der Waals surface area contributed by atoms with E-state index < -0.39 is 0 Å². The van der Waals surface area contributed by atoms with Crippen molar-refractivity contribution in [3.05, 3.63) is 48.3 Å². The first-order valence-electron chi connectivity index (χ1n) is 4.99. The Balaban J connectivity index is 2.40. The summed E-state index contributed by atoms with van der Waals surface area (Å²) in [5, 5.41) is 3.03. The number of nitrogens with zero attached hydrogens (tertiary/aromatic N) is 2. The highest BCUT2D eigenvalue weighted by Gasteiger charge is 2.05. The van der Waals surface area contributed by atoms with E-state index in [1.807, 2.05) is 13.1 Å². The Bertz CT molecular complexity index is 485. The maximum Gasteiger partial charge on any atom is 0.149 e. The van der Waals surface area contributed by atoms with Gasteiger partial charge in [-0.3, -0.25) is 9.97 Å². The highest BCUT2D eigenvalue weighted by molar-refractivity contribution is 5.63. The fraction of sp³-hybridized carbons (Fsp3) is 0.167. The van der Waals surface area contributed by atoms with Gasteiger partial charge < -0.3 is 5.32 Å². The Labute approximate surface area is 93.4 Å². The Morgan fingerprint density at radius 3 is 2.88 bits per heavy atom. The van der Waals surface area contributed by atoms with Crippen molar-refractivity contribution in [1.29, 1.82) is 0 Å². The summed E-state index contributed by atoms with van der Waals surface area (Å²) >= 11 is 0. The maximum absolute atomic E-state index is 13.5. The molecule has 0 amide bonds. The molecule has 82 valence electrons. The van der Waals surface area contributed by atoms with Gasteiger partial charge in [-0.2, -0.15) is 0 Å². The SMILES string of the molecule is CNCc1cncc(-c2ccncc2F)c1. The van der Waals surface area contributed by atoms with Gasteiger partial charge in [-0.05, 0) is 24.7 Å². The molecule has 0 aromatic carbocycles. The zero-order valence-corrected chi connectivity index (χ0v) is 8.94. The van der Waals surface area contributed by atoms with Crippen molar-refractivity contribution in [3.8, 4) is 11.1 Å². The minimum atomic E-state index is -0.328. The van der Waals surface area contributed by atoms with Crippen molar-refractivity contribution in [2.75, 3.05) is 7.05 Å². The molecule has 0 bridgehead atoms.